The fourth-order valence-corrected chi connectivity index (χ4v) is 9.80. The number of fused-ring (bicyclic) bond motifs is 2. The molecule has 7 atom stereocenters. The molecule has 0 aromatic carbocycles. The largest absolute Gasteiger partial charge is 4.00 e. The van der Waals surface area contributed by atoms with Crippen LogP contribution < -0.4 is 0 Å². The van der Waals surface area contributed by atoms with Gasteiger partial charge in [-0.2, -0.15) is 0 Å². The number of rotatable bonds is 1. The average Bonchev–Trinajstić information content (AvgIpc) is 2.81. The number of allylic oxidation sites excluding steroid dienone is 1. The Bertz CT molecular complexity index is 452. The number of hydrogen-bond donors (Lipinski definition) is 0. The minimum atomic E-state index is -1.27. The van der Waals surface area contributed by atoms with Gasteiger partial charge in [0.25, 0.3) is 0 Å². The van der Waals surface area contributed by atoms with Gasteiger partial charge in [0.05, 0.1) is 0 Å². The van der Waals surface area contributed by atoms with E-state index in [0.29, 0.717) is 0 Å². The fraction of sp³-hybridized carbons (Fsp3) is 0.750. The van der Waals surface area contributed by atoms with E-state index < -0.39 is 8.07 Å². The van der Waals surface area contributed by atoms with Crippen LogP contribution in [0.1, 0.15) is 57.8 Å². The first kappa shape index (κ1) is 26.7. The molecule has 4 saturated carbocycles. The molecule has 0 aliphatic heterocycles. The Morgan fingerprint density at radius 3 is 2.15 bits per heavy atom. The van der Waals surface area contributed by atoms with Crippen molar-refractivity contribution in [2.24, 2.45) is 35.5 Å². The van der Waals surface area contributed by atoms with Gasteiger partial charge < -0.3 is 28.8 Å². The molecule has 4 aliphatic rings. The van der Waals surface area contributed by atoms with Crippen LogP contribution in [0.3, 0.4) is 0 Å². The fourth-order valence-electron chi connectivity index (χ4n) is 7.34. The van der Waals surface area contributed by atoms with Gasteiger partial charge in [0.2, 0.25) is 0 Å². The van der Waals surface area contributed by atoms with Gasteiger partial charge in [-0.15, -0.1) is 0 Å². The van der Waals surface area contributed by atoms with Gasteiger partial charge in [0, 0.05) is 0 Å². The Balaban J connectivity index is 0.00000156. The molecule has 26 heavy (non-hydrogen) atoms. The topological polar surface area (TPSA) is 0 Å². The maximum absolute atomic E-state index is 4.72. The molecule has 0 N–H and O–H groups in total. The van der Waals surface area contributed by atoms with Gasteiger partial charge in [-0.1, -0.05) is 71.0 Å². The van der Waals surface area contributed by atoms with E-state index >= 15 is 0 Å². The Morgan fingerprint density at radius 1 is 0.885 bits per heavy atom. The second-order valence-electron chi connectivity index (χ2n) is 9.84. The first-order valence-corrected chi connectivity index (χ1v) is 13.3. The van der Waals surface area contributed by atoms with Crippen molar-refractivity contribution < 1.29 is 21.7 Å². The molecule has 0 amide bonds. The Morgan fingerprint density at radius 2 is 1.50 bits per heavy atom. The van der Waals surface area contributed by atoms with Gasteiger partial charge in [-0.25, -0.2) is 0 Å². The molecule has 0 nitrogen and oxygen atoms in total. The van der Waals surface area contributed by atoms with Crippen molar-refractivity contribution in [3.05, 3.63) is 41.0 Å². The van der Waals surface area contributed by atoms with Crippen molar-refractivity contribution in [1.29, 1.82) is 0 Å². The third-order valence-corrected chi connectivity index (χ3v) is 10.8. The van der Waals surface area contributed by atoms with Crippen LogP contribution in [0.25, 0.3) is 0 Å². The SMILES string of the molecule is C=C1CC2CCCCC2C2CC([Si]([CH2-])(C)C)C3CCCC1C23.[CH3-].[CH3-].[CH3-].[Ti+4]. The van der Waals surface area contributed by atoms with Crippen LogP contribution in [0, 0.1) is 64.3 Å². The van der Waals surface area contributed by atoms with E-state index in [9.17, 15) is 0 Å². The van der Waals surface area contributed by atoms with E-state index in [1.807, 2.05) is 0 Å². The van der Waals surface area contributed by atoms with Crippen LogP contribution in [0.4, 0.5) is 0 Å². The molecular weight excluding hydrogens is 364 g/mol. The standard InChI is InChI=1S/C21H35Si.3CH3.Ti/c1-14-12-15-8-5-6-9-17(15)19-13-20(22(2,3)4)18-11-7-10-16(14)21(18)19;;;;/h15-21H,1-2,5-13H2,3-4H3;3*1H3;/q4*-1;+4. The molecule has 4 aliphatic carbocycles. The van der Waals surface area contributed by atoms with E-state index in [-0.39, 0.29) is 44.0 Å². The van der Waals surface area contributed by atoms with Crippen LogP contribution in [0.2, 0.25) is 18.6 Å². The smallest absolute Gasteiger partial charge is 0.358 e. The third kappa shape index (κ3) is 4.46. The predicted octanol–water partition coefficient (Wildman–Crippen LogP) is 7.61. The zero-order valence-corrected chi connectivity index (χ0v) is 20.9. The predicted molar refractivity (Wildman–Crippen MR) is 117 cm³/mol. The van der Waals surface area contributed by atoms with Crippen LogP contribution >= 0.6 is 0 Å². The van der Waals surface area contributed by atoms with Gasteiger partial charge in [-0.3, -0.25) is 0 Å². The molecule has 2 heteroatoms. The van der Waals surface area contributed by atoms with Crippen LogP contribution in [0.5, 0.6) is 0 Å². The molecule has 0 radical (unpaired) electrons. The summed E-state index contributed by atoms with van der Waals surface area (Å²) in [5, 5.41) is 0. The maximum Gasteiger partial charge on any atom is 4.00 e. The van der Waals surface area contributed by atoms with Crippen molar-refractivity contribution >= 4 is 8.07 Å². The Hall–Kier alpha value is 0.671. The van der Waals surface area contributed by atoms with Crippen molar-refractivity contribution in [3.63, 3.8) is 0 Å². The zero-order chi connectivity index (χ0) is 15.5. The summed E-state index contributed by atoms with van der Waals surface area (Å²) in [6.45, 7) is 14.4. The minimum Gasteiger partial charge on any atom is -0.358 e. The summed E-state index contributed by atoms with van der Waals surface area (Å²) >= 11 is 0. The Labute approximate surface area is 182 Å². The summed E-state index contributed by atoms with van der Waals surface area (Å²) in [5.74, 6) is 5.98. The molecule has 0 bridgehead atoms. The molecule has 0 spiro atoms. The van der Waals surface area contributed by atoms with Crippen LogP contribution in [0.15, 0.2) is 12.2 Å². The summed E-state index contributed by atoms with van der Waals surface area (Å²) in [7, 11) is -1.27. The third-order valence-electron chi connectivity index (χ3n) is 8.12. The van der Waals surface area contributed by atoms with Crippen molar-refractivity contribution in [2.45, 2.75) is 76.4 Å². The first-order valence-electron chi connectivity index (χ1n) is 10.00. The van der Waals surface area contributed by atoms with Gasteiger partial charge in [-0.05, 0) is 61.2 Å². The second kappa shape index (κ2) is 9.93. The average molecular weight is 409 g/mol. The summed E-state index contributed by atoms with van der Waals surface area (Å²) in [5.41, 5.74) is 2.66. The van der Waals surface area contributed by atoms with Gasteiger partial charge in [0.15, 0.2) is 0 Å². The van der Waals surface area contributed by atoms with E-state index in [0.717, 1.165) is 41.0 Å². The minimum absolute atomic E-state index is 0. The maximum atomic E-state index is 4.72. The molecule has 4 rings (SSSR count). The van der Waals surface area contributed by atoms with Crippen molar-refractivity contribution in [3.8, 4) is 0 Å². The molecule has 7 unspecified atom stereocenters. The molecule has 0 aromatic rings. The molecule has 4 fully saturated rings. The van der Waals surface area contributed by atoms with Crippen LogP contribution in [-0.2, 0) is 21.7 Å². The second-order valence-corrected chi connectivity index (χ2v) is 14.6. The van der Waals surface area contributed by atoms with E-state index in [1.54, 1.807) is 12.0 Å². The van der Waals surface area contributed by atoms with E-state index in [2.05, 4.69) is 19.7 Å². The molecular formula is C24H44SiTi. The normalized spacial score (nSPS) is 41.0. The molecule has 0 saturated heterocycles. The van der Waals surface area contributed by atoms with Gasteiger partial charge in [0.1, 0.15) is 0 Å². The summed E-state index contributed by atoms with van der Waals surface area (Å²) < 4.78 is 0. The van der Waals surface area contributed by atoms with Crippen LogP contribution in [-0.4, -0.2) is 8.07 Å². The number of hydrogen-bond acceptors (Lipinski definition) is 0. The molecule has 0 aromatic heterocycles. The monoisotopic (exact) mass is 408 g/mol. The quantitative estimate of drug-likeness (QED) is 0.238. The first-order chi connectivity index (χ1) is 10.5. The van der Waals surface area contributed by atoms with E-state index in [4.69, 9.17) is 6.55 Å². The van der Waals surface area contributed by atoms with Crippen molar-refractivity contribution in [1.82, 2.24) is 0 Å². The van der Waals surface area contributed by atoms with E-state index in [1.165, 1.54) is 51.4 Å². The summed E-state index contributed by atoms with van der Waals surface area (Å²) in [6.07, 6.45) is 13.4. The van der Waals surface area contributed by atoms with Gasteiger partial charge >= 0.3 is 21.7 Å². The zero-order valence-electron chi connectivity index (χ0n) is 18.3. The van der Waals surface area contributed by atoms with Crippen molar-refractivity contribution in [2.75, 3.05) is 0 Å². The Kier molecular flexibility index (Phi) is 10.2. The molecule has 148 valence electrons. The molecule has 0 heterocycles. The summed E-state index contributed by atoms with van der Waals surface area (Å²) in [4.78, 5) is 0. The summed E-state index contributed by atoms with van der Waals surface area (Å²) in [6, 6.07) is 0.